The van der Waals surface area contributed by atoms with Crippen LogP contribution in [0.5, 0.6) is 5.75 Å². The van der Waals surface area contributed by atoms with Crippen molar-refractivity contribution in [3.05, 3.63) is 63.4 Å². The average molecular weight is 359 g/mol. The van der Waals surface area contributed by atoms with Crippen molar-refractivity contribution >= 4 is 34.0 Å². The molecule has 0 saturated carbocycles. The Morgan fingerprint density at radius 1 is 1.28 bits per heavy atom. The Morgan fingerprint density at radius 3 is 2.84 bits per heavy atom. The first kappa shape index (κ1) is 16.9. The number of aromatic nitrogens is 2. The summed E-state index contributed by atoms with van der Waals surface area (Å²) in [4.78, 5) is 18.9. The summed E-state index contributed by atoms with van der Waals surface area (Å²) in [5.41, 5.74) is 1.44. The number of para-hydroxylation sites is 1. The molecule has 0 radical (unpaired) electrons. The predicted molar refractivity (Wildman–Crippen MR) is 96.4 cm³/mol. The number of fused-ring (bicyclic) bond motifs is 1. The number of halogens is 1. The van der Waals surface area contributed by atoms with E-state index in [1.165, 1.54) is 18.5 Å². The minimum Gasteiger partial charge on any atom is -0.496 e. The fraction of sp³-hybridized carbons (Fsp3) is 0.176. The van der Waals surface area contributed by atoms with Crippen LogP contribution in [0.4, 0.5) is 11.5 Å². The highest BCUT2D eigenvalue weighted by Crippen LogP contribution is 2.31. The molecule has 0 saturated heterocycles. The van der Waals surface area contributed by atoms with Gasteiger partial charge < -0.3 is 10.1 Å². The van der Waals surface area contributed by atoms with Gasteiger partial charge in [0.05, 0.1) is 17.5 Å². The molecule has 7 nitrogen and oxygen atoms in total. The van der Waals surface area contributed by atoms with Crippen LogP contribution in [0.15, 0.2) is 42.7 Å². The summed E-state index contributed by atoms with van der Waals surface area (Å²) in [5, 5.41) is 14.9. The molecule has 1 aromatic heterocycles. The van der Waals surface area contributed by atoms with Gasteiger partial charge in [0.25, 0.3) is 5.69 Å². The van der Waals surface area contributed by atoms with Crippen molar-refractivity contribution in [2.45, 2.75) is 6.42 Å². The van der Waals surface area contributed by atoms with E-state index in [-0.39, 0.29) is 10.7 Å². The van der Waals surface area contributed by atoms with Gasteiger partial charge in [-0.1, -0.05) is 29.8 Å². The SMILES string of the molecule is COc1ccccc1CCNc1ncnc2cc(Cl)c([N+](=O)[O-])cc12. The first-order valence-corrected chi connectivity index (χ1v) is 7.92. The maximum absolute atomic E-state index is 11.1. The van der Waals surface area contributed by atoms with Crippen molar-refractivity contribution in [3.63, 3.8) is 0 Å². The molecule has 1 heterocycles. The molecule has 0 aliphatic heterocycles. The number of hydrogen-bond donors (Lipinski definition) is 1. The highest BCUT2D eigenvalue weighted by atomic mass is 35.5. The lowest BCUT2D eigenvalue weighted by molar-refractivity contribution is -0.384. The zero-order valence-electron chi connectivity index (χ0n) is 13.4. The summed E-state index contributed by atoms with van der Waals surface area (Å²) in [6.07, 6.45) is 2.11. The third-order valence-electron chi connectivity index (χ3n) is 3.78. The normalized spacial score (nSPS) is 10.6. The number of methoxy groups -OCH3 is 1. The lowest BCUT2D eigenvalue weighted by Crippen LogP contribution is -2.08. The van der Waals surface area contributed by atoms with Gasteiger partial charge in [-0.3, -0.25) is 10.1 Å². The van der Waals surface area contributed by atoms with E-state index < -0.39 is 4.92 Å². The van der Waals surface area contributed by atoms with Gasteiger partial charge in [0, 0.05) is 18.0 Å². The van der Waals surface area contributed by atoms with Gasteiger partial charge in [0.1, 0.15) is 22.9 Å². The van der Waals surface area contributed by atoms with E-state index in [9.17, 15) is 10.1 Å². The van der Waals surface area contributed by atoms with Crippen LogP contribution in [-0.4, -0.2) is 28.5 Å². The molecule has 0 unspecified atom stereocenters. The van der Waals surface area contributed by atoms with Crippen LogP contribution >= 0.6 is 11.6 Å². The molecule has 0 aliphatic rings. The van der Waals surface area contributed by atoms with E-state index in [0.29, 0.717) is 29.7 Å². The Hall–Kier alpha value is -2.93. The van der Waals surface area contributed by atoms with Crippen LogP contribution in [-0.2, 0) is 6.42 Å². The molecule has 1 N–H and O–H groups in total. The van der Waals surface area contributed by atoms with Gasteiger partial charge in [0.15, 0.2) is 0 Å². The highest BCUT2D eigenvalue weighted by molar-refractivity contribution is 6.33. The maximum Gasteiger partial charge on any atom is 0.288 e. The number of rotatable bonds is 6. The number of nitro benzene ring substituents is 1. The summed E-state index contributed by atoms with van der Waals surface area (Å²) in [5.74, 6) is 1.35. The molecule has 3 rings (SSSR count). The molecular weight excluding hydrogens is 344 g/mol. The topological polar surface area (TPSA) is 90.2 Å². The Bertz CT molecular complexity index is 933. The van der Waals surface area contributed by atoms with Crippen molar-refractivity contribution in [1.29, 1.82) is 0 Å². The monoisotopic (exact) mass is 358 g/mol. The van der Waals surface area contributed by atoms with Crippen LogP contribution < -0.4 is 10.1 Å². The van der Waals surface area contributed by atoms with E-state index >= 15 is 0 Å². The summed E-state index contributed by atoms with van der Waals surface area (Å²) in [6, 6.07) is 10.6. The van der Waals surface area contributed by atoms with Crippen molar-refractivity contribution in [2.24, 2.45) is 0 Å². The van der Waals surface area contributed by atoms with Crippen molar-refractivity contribution < 1.29 is 9.66 Å². The number of anilines is 1. The summed E-state index contributed by atoms with van der Waals surface area (Å²) in [7, 11) is 1.63. The largest absolute Gasteiger partial charge is 0.496 e. The fourth-order valence-corrected chi connectivity index (χ4v) is 2.80. The Labute approximate surface area is 148 Å². The third kappa shape index (κ3) is 3.61. The summed E-state index contributed by atoms with van der Waals surface area (Å²) in [6.45, 7) is 0.586. The van der Waals surface area contributed by atoms with Gasteiger partial charge >= 0.3 is 0 Å². The Balaban J connectivity index is 1.84. The van der Waals surface area contributed by atoms with Gasteiger partial charge in [-0.25, -0.2) is 9.97 Å². The zero-order valence-corrected chi connectivity index (χ0v) is 14.2. The quantitative estimate of drug-likeness (QED) is 0.531. The standard InChI is InChI=1S/C17H15ClN4O3/c1-25-16-5-3-2-4-11(16)6-7-19-17-12-8-15(22(23)24)13(18)9-14(12)20-10-21-17/h2-5,8-10H,6-7H2,1H3,(H,19,20,21). The molecule has 0 fully saturated rings. The molecule has 0 bridgehead atoms. The van der Waals surface area contributed by atoms with Gasteiger partial charge in [-0.15, -0.1) is 0 Å². The first-order valence-electron chi connectivity index (χ1n) is 7.54. The molecule has 0 amide bonds. The fourth-order valence-electron chi connectivity index (χ4n) is 2.57. The number of nitrogens with one attached hydrogen (secondary N) is 1. The molecule has 8 heteroatoms. The predicted octanol–water partition coefficient (Wildman–Crippen LogP) is 3.85. The van der Waals surface area contributed by atoms with Crippen molar-refractivity contribution in [1.82, 2.24) is 9.97 Å². The highest BCUT2D eigenvalue weighted by Gasteiger charge is 2.16. The maximum atomic E-state index is 11.1. The van der Waals surface area contributed by atoms with Gasteiger partial charge in [-0.05, 0) is 24.1 Å². The number of ether oxygens (including phenoxy) is 1. The Morgan fingerprint density at radius 2 is 2.08 bits per heavy atom. The molecule has 128 valence electrons. The lowest BCUT2D eigenvalue weighted by Gasteiger charge is -2.11. The molecule has 25 heavy (non-hydrogen) atoms. The van der Waals surface area contributed by atoms with E-state index in [0.717, 1.165) is 11.3 Å². The first-order chi connectivity index (χ1) is 12.1. The second-order valence-electron chi connectivity index (χ2n) is 5.29. The minimum absolute atomic E-state index is 0.0520. The second-order valence-corrected chi connectivity index (χ2v) is 5.70. The van der Waals surface area contributed by atoms with Crippen LogP contribution in [0, 0.1) is 10.1 Å². The smallest absolute Gasteiger partial charge is 0.288 e. The number of nitrogens with zero attached hydrogens (tertiary/aromatic N) is 3. The van der Waals surface area contributed by atoms with Crippen LogP contribution in [0.1, 0.15) is 5.56 Å². The second kappa shape index (κ2) is 7.31. The summed E-state index contributed by atoms with van der Waals surface area (Å²) >= 11 is 5.93. The van der Waals surface area contributed by atoms with Gasteiger partial charge in [0.2, 0.25) is 0 Å². The van der Waals surface area contributed by atoms with Gasteiger partial charge in [-0.2, -0.15) is 0 Å². The van der Waals surface area contributed by atoms with Crippen molar-refractivity contribution in [3.8, 4) is 5.75 Å². The summed E-state index contributed by atoms with van der Waals surface area (Å²) < 4.78 is 5.33. The number of nitro groups is 1. The number of benzene rings is 2. The van der Waals surface area contributed by atoms with E-state index in [2.05, 4.69) is 15.3 Å². The zero-order chi connectivity index (χ0) is 17.8. The molecule has 0 spiro atoms. The molecule has 3 aromatic rings. The van der Waals surface area contributed by atoms with E-state index in [4.69, 9.17) is 16.3 Å². The molecule has 0 aliphatic carbocycles. The molecule has 0 atom stereocenters. The van der Waals surface area contributed by atoms with Crippen LogP contribution in [0.25, 0.3) is 10.9 Å². The third-order valence-corrected chi connectivity index (χ3v) is 4.08. The molecular formula is C17H15ClN4O3. The average Bonchev–Trinajstić information content (AvgIpc) is 2.61. The van der Waals surface area contributed by atoms with E-state index in [1.807, 2.05) is 24.3 Å². The lowest BCUT2D eigenvalue weighted by atomic mass is 10.1. The molecule has 2 aromatic carbocycles. The van der Waals surface area contributed by atoms with Crippen LogP contribution in [0.3, 0.4) is 0 Å². The number of hydrogen-bond acceptors (Lipinski definition) is 6. The van der Waals surface area contributed by atoms with Crippen LogP contribution in [0.2, 0.25) is 5.02 Å². The van der Waals surface area contributed by atoms with Crippen molar-refractivity contribution in [2.75, 3.05) is 19.0 Å². The Kier molecular flexibility index (Phi) is 4.95. The van der Waals surface area contributed by atoms with E-state index in [1.54, 1.807) is 7.11 Å². The minimum atomic E-state index is -0.520.